The van der Waals surface area contributed by atoms with E-state index in [1.165, 1.54) is 0 Å². The Labute approximate surface area is 118 Å². The summed E-state index contributed by atoms with van der Waals surface area (Å²) < 4.78 is 5.40. The number of thiocarbonyl (C=S) groups is 1. The van der Waals surface area contributed by atoms with Gasteiger partial charge in [0.05, 0.1) is 6.61 Å². The monoisotopic (exact) mass is 272 g/mol. The summed E-state index contributed by atoms with van der Waals surface area (Å²) in [7, 11) is 0. The van der Waals surface area contributed by atoms with Gasteiger partial charge < -0.3 is 15.8 Å². The van der Waals surface area contributed by atoms with Gasteiger partial charge in [-0.15, -0.1) is 0 Å². The molecule has 0 aromatic heterocycles. The first-order valence-electron chi connectivity index (χ1n) is 6.09. The van der Waals surface area contributed by atoms with Gasteiger partial charge in [0.15, 0.2) is 0 Å². The molecule has 0 aliphatic heterocycles. The Hall–Kier alpha value is -2.07. The summed E-state index contributed by atoms with van der Waals surface area (Å²) in [5.41, 5.74) is 8.42. The Kier molecular flexibility index (Phi) is 4.36. The molecule has 19 heavy (non-hydrogen) atoms. The number of rotatable bonds is 5. The van der Waals surface area contributed by atoms with E-state index in [4.69, 9.17) is 22.7 Å². The van der Waals surface area contributed by atoms with Gasteiger partial charge >= 0.3 is 0 Å². The van der Waals surface area contributed by atoms with Crippen molar-refractivity contribution in [1.29, 1.82) is 0 Å². The fourth-order valence-electron chi connectivity index (χ4n) is 1.69. The minimum Gasteiger partial charge on any atom is -0.494 e. The van der Waals surface area contributed by atoms with Crippen LogP contribution in [0.1, 0.15) is 12.5 Å². The van der Waals surface area contributed by atoms with Gasteiger partial charge in [-0.1, -0.05) is 12.2 Å². The molecule has 0 spiro atoms. The lowest BCUT2D eigenvalue weighted by atomic mass is 10.2. The Morgan fingerprint density at radius 3 is 2.05 bits per heavy atom. The number of nitrogens with two attached hydrogens (primary N) is 1. The molecule has 98 valence electrons. The van der Waals surface area contributed by atoms with Crippen LogP contribution >= 0.6 is 12.2 Å². The van der Waals surface area contributed by atoms with Gasteiger partial charge in [0.25, 0.3) is 0 Å². The quantitative estimate of drug-likeness (QED) is 0.818. The second-order valence-corrected chi connectivity index (χ2v) is 4.46. The van der Waals surface area contributed by atoms with Crippen LogP contribution < -0.4 is 15.8 Å². The van der Waals surface area contributed by atoms with E-state index in [-0.39, 0.29) is 0 Å². The van der Waals surface area contributed by atoms with Crippen molar-refractivity contribution in [3.63, 3.8) is 0 Å². The van der Waals surface area contributed by atoms with Crippen LogP contribution in [0.5, 0.6) is 5.75 Å². The third kappa shape index (κ3) is 3.69. The molecule has 0 aliphatic rings. The standard InChI is InChI=1S/C15H16N2OS/c1-2-18-14-9-7-13(8-10-14)17-12-5-3-11(4-6-12)15(16)19/h3-10,17H,2H2,1H3,(H2,16,19). The Balaban J connectivity index is 2.06. The smallest absolute Gasteiger partial charge is 0.119 e. The largest absolute Gasteiger partial charge is 0.494 e. The number of hydrogen-bond donors (Lipinski definition) is 2. The highest BCUT2D eigenvalue weighted by Gasteiger charge is 1.98. The molecule has 2 aromatic rings. The average molecular weight is 272 g/mol. The van der Waals surface area contributed by atoms with Gasteiger partial charge in [-0.3, -0.25) is 0 Å². The van der Waals surface area contributed by atoms with E-state index in [0.29, 0.717) is 11.6 Å². The Bertz CT molecular complexity index is 549. The molecule has 0 aliphatic carbocycles. The second-order valence-electron chi connectivity index (χ2n) is 4.02. The summed E-state index contributed by atoms with van der Waals surface area (Å²) in [6.45, 7) is 2.64. The molecule has 2 rings (SSSR count). The highest BCUT2D eigenvalue weighted by molar-refractivity contribution is 7.80. The van der Waals surface area contributed by atoms with Crippen molar-refractivity contribution in [1.82, 2.24) is 0 Å². The lowest BCUT2D eigenvalue weighted by Crippen LogP contribution is -2.08. The minimum absolute atomic E-state index is 0.410. The lowest BCUT2D eigenvalue weighted by molar-refractivity contribution is 0.340. The van der Waals surface area contributed by atoms with E-state index < -0.39 is 0 Å². The molecule has 0 bridgehead atoms. The molecule has 0 heterocycles. The van der Waals surface area contributed by atoms with E-state index in [0.717, 1.165) is 22.7 Å². The topological polar surface area (TPSA) is 47.3 Å². The lowest BCUT2D eigenvalue weighted by Gasteiger charge is -2.08. The predicted molar refractivity (Wildman–Crippen MR) is 83.2 cm³/mol. The van der Waals surface area contributed by atoms with Crippen molar-refractivity contribution in [3.8, 4) is 5.75 Å². The zero-order chi connectivity index (χ0) is 13.7. The van der Waals surface area contributed by atoms with Gasteiger partial charge in [0.2, 0.25) is 0 Å². The zero-order valence-electron chi connectivity index (χ0n) is 10.7. The van der Waals surface area contributed by atoms with Crippen LogP contribution in [-0.4, -0.2) is 11.6 Å². The van der Waals surface area contributed by atoms with Crippen LogP contribution in [-0.2, 0) is 0 Å². The SMILES string of the molecule is CCOc1ccc(Nc2ccc(C(N)=S)cc2)cc1. The molecule has 4 heteroatoms. The van der Waals surface area contributed by atoms with Crippen molar-refractivity contribution >= 4 is 28.6 Å². The van der Waals surface area contributed by atoms with E-state index in [2.05, 4.69) is 5.32 Å². The van der Waals surface area contributed by atoms with Crippen LogP contribution in [0.25, 0.3) is 0 Å². The van der Waals surface area contributed by atoms with Gasteiger partial charge in [-0.05, 0) is 55.5 Å². The summed E-state index contributed by atoms with van der Waals surface area (Å²) in [4.78, 5) is 0.410. The van der Waals surface area contributed by atoms with Gasteiger partial charge in [0.1, 0.15) is 10.7 Å². The van der Waals surface area contributed by atoms with Gasteiger partial charge in [-0.2, -0.15) is 0 Å². The molecule has 0 atom stereocenters. The summed E-state index contributed by atoms with van der Waals surface area (Å²) in [6.07, 6.45) is 0. The molecule has 0 unspecified atom stereocenters. The second kappa shape index (κ2) is 6.20. The van der Waals surface area contributed by atoms with Crippen LogP contribution in [0.3, 0.4) is 0 Å². The molecule has 0 saturated carbocycles. The molecule has 3 N–H and O–H groups in total. The van der Waals surface area contributed by atoms with Crippen molar-refractivity contribution in [2.24, 2.45) is 5.73 Å². The fraction of sp³-hybridized carbons (Fsp3) is 0.133. The zero-order valence-corrected chi connectivity index (χ0v) is 11.5. The van der Waals surface area contributed by atoms with E-state index in [1.807, 2.05) is 55.5 Å². The highest BCUT2D eigenvalue weighted by atomic mass is 32.1. The first-order valence-corrected chi connectivity index (χ1v) is 6.49. The maximum atomic E-state index is 5.56. The summed E-state index contributed by atoms with van der Waals surface area (Å²) in [6, 6.07) is 15.5. The van der Waals surface area contributed by atoms with E-state index in [1.54, 1.807) is 0 Å². The van der Waals surface area contributed by atoms with E-state index in [9.17, 15) is 0 Å². The minimum atomic E-state index is 0.410. The maximum absolute atomic E-state index is 5.56. The third-order valence-corrected chi connectivity index (χ3v) is 2.86. The first kappa shape index (κ1) is 13.4. The first-order chi connectivity index (χ1) is 9.19. The number of nitrogens with one attached hydrogen (secondary N) is 1. The van der Waals surface area contributed by atoms with Gasteiger partial charge in [-0.25, -0.2) is 0 Å². The molecule has 0 amide bonds. The van der Waals surface area contributed by atoms with Crippen LogP contribution in [0.2, 0.25) is 0 Å². The van der Waals surface area contributed by atoms with Crippen LogP contribution in [0.4, 0.5) is 11.4 Å². The number of hydrogen-bond acceptors (Lipinski definition) is 3. The Morgan fingerprint density at radius 2 is 1.58 bits per heavy atom. The molecular formula is C15H16N2OS. The molecule has 2 aromatic carbocycles. The van der Waals surface area contributed by atoms with Crippen molar-refractivity contribution in [2.45, 2.75) is 6.92 Å². The molecular weight excluding hydrogens is 256 g/mol. The van der Waals surface area contributed by atoms with Crippen LogP contribution in [0.15, 0.2) is 48.5 Å². The van der Waals surface area contributed by atoms with Gasteiger partial charge in [0, 0.05) is 16.9 Å². The Morgan fingerprint density at radius 1 is 1.05 bits per heavy atom. The molecule has 0 radical (unpaired) electrons. The average Bonchev–Trinajstić information content (AvgIpc) is 2.42. The van der Waals surface area contributed by atoms with Crippen molar-refractivity contribution in [2.75, 3.05) is 11.9 Å². The normalized spacial score (nSPS) is 9.95. The number of ether oxygens (including phenoxy) is 1. The maximum Gasteiger partial charge on any atom is 0.119 e. The molecule has 0 fully saturated rings. The summed E-state index contributed by atoms with van der Waals surface area (Å²) >= 11 is 4.92. The van der Waals surface area contributed by atoms with Crippen molar-refractivity contribution in [3.05, 3.63) is 54.1 Å². The highest BCUT2D eigenvalue weighted by Crippen LogP contribution is 2.20. The number of anilines is 2. The fourth-order valence-corrected chi connectivity index (χ4v) is 1.82. The van der Waals surface area contributed by atoms with Crippen LogP contribution in [0, 0.1) is 0 Å². The summed E-state index contributed by atoms with van der Waals surface area (Å²) in [5.74, 6) is 0.872. The third-order valence-electron chi connectivity index (χ3n) is 2.62. The van der Waals surface area contributed by atoms with E-state index >= 15 is 0 Å². The molecule has 3 nitrogen and oxygen atoms in total. The predicted octanol–water partition coefficient (Wildman–Crippen LogP) is 3.46. The summed E-state index contributed by atoms with van der Waals surface area (Å²) in [5, 5.41) is 3.30. The number of benzene rings is 2. The van der Waals surface area contributed by atoms with Crippen molar-refractivity contribution < 1.29 is 4.74 Å². The molecule has 0 saturated heterocycles.